The third-order valence-corrected chi connectivity index (χ3v) is 12.2. The second kappa shape index (κ2) is 53.7. The van der Waals surface area contributed by atoms with Gasteiger partial charge in [-0.05, 0) is 96.3 Å². The van der Waals surface area contributed by atoms with Crippen LogP contribution in [0.2, 0.25) is 0 Å². The number of amides is 1. The van der Waals surface area contributed by atoms with Crippen molar-refractivity contribution in [3.63, 3.8) is 0 Å². The van der Waals surface area contributed by atoms with Crippen LogP contribution >= 0.6 is 0 Å². The van der Waals surface area contributed by atoms with Gasteiger partial charge in [0.05, 0.1) is 25.2 Å². The minimum atomic E-state index is -0.810. The lowest BCUT2D eigenvalue weighted by Crippen LogP contribution is -2.46. The Morgan fingerprint density at radius 2 is 0.806 bits per heavy atom. The summed E-state index contributed by atoms with van der Waals surface area (Å²) in [5, 5.41) is 23.8. The summed E-state index contributed by atoms with van der Waals surface area (Å²) in [6, 6.07) is -0.727. The maximum Gasteiger partial charge on any atom is 0.306 e. The molecule has 0 saturated carbocycles. The molecule has 0 bridgehead atoms. The van der Waals surface area contributed by atoms with Crippen molar-refractivity contribution in [2.45, 2.75) is 270 Å². The van der Waals surface area contributed by atoms with Gasteiger partial charge in [-0.3, -0.25) is 9.59 Å². The lowest BCUT2D eigenvalue weighted by molar-refractivity contribution is -0.150. The molecule has 6 nitrogen and oxygen atoms in total. The van der Waals surface area contributed by atoms with Crippen molar-refractivity contribution in [3.8, 4) is 0 Å². The molecule has 3 N–H and O–H groups in total. The standard InChI is InChI=1S/C61H105NO5/c1-4-7-10-13-16-19-22-25-28-29-30-31-33-36-39-42-45-48-51-54-61(66)67-57(52-49-46-43-40-37-34-32-26-23-20-17-14-11-8-5-2)55-60(65)62-58(56-63)59(64)53-50-47-44-41-38-35-27-24-21-18-15-12-9-6-3/h7,10,16-17,19-20,25-26,28,30-32,36,39,45,48,57-59,63-64H,4-6,8-9,11-15,18,21-24,27,29,33-35,37-38,40-44,46-47,49-56H2,1-3H3,(H,62,65)/b10-7-,19-16-,20-17-,28-25-,31-30-,32-26-,39-36-,48-45-. The molecule has 0 heterocycles. The maximum atomic E-state index is 13.2. The molecule has 0 aromatic rings. The van der Waals surface area contributed by atoms with Gasteiger partial charge in [-0.15, -0.1) is 0 Å². The van der Waals surface area contributed by atoms with Gasteiger partial charge in [-0.2, -0.15) is 0 Å². The summed E-state index contributed by atoms with van der Waals surface area (Å²) >= 11 is 0. The second-order valence-electron chi connectivity index (χ2n) is 18.6. The Morgan fingerprint density at radius 1 is 0.448 bits per heavy atom. The average Bonchev–Trinajstić information content (AvgIpc) is 3.32. The summed E-state index contributed by atoms with van der Waals surface area (Å²) in [6.45, 7) is 6.33. The summed E-state index contributed by atoms with van der Waals surface area (Å²) < 4.78 is 5.90. The number of unbranched alkanes of at least 4 members (excludes halogenated alkanes) is 21. The first-order valence-electron chi connectivity index (χ1n) is 28.0. The smallest absolute Gasteiger partial charge is 0.306 e. The average molecular weight is 933 g/mol. The van der Waals surface area contributed by atoms with Crippen molar-refractivity contribution in [2.75, 3.05) is 6.61 Å². The van der Waals surface area contributed by atoms with Crippen LogP contribution in [0.15, 0.2) is 97.2 Å². The van der Waals surface area contributed by atoms with Crippen molar-refractivity contribution in [3.05, 3.63) is 97.2 Å². The lowest BCUT2D eigenvalue weighted by atomic mass is 10.0. The van der Waals surface area contributed by atoms with Crippen LogP contribution in [0.5, 0.6) is 0 Å². The quantitative estimate of drug-likeness (QED) is 0.0321. The second-order valence-corrected chi connectivity index (χ2v) is 18.6. The molecule has 0 aliphatic carbocycles. The molecule has 0 saturated heterocycles. The Morgan fingerprint density at radius 3 is 1.25 bits per heavy atom. The minimum Gasteiger partial charge on any atom is -0.462 e. The van der Waals surface area contributed by atoms with Gasteiger partial charge >= 0.3 is 5.97 Å². The van der Waals surface area contributed by atoms with E-state index in [0.717, 1.165) is 103 Å². The molecule has 0 radical (unpaired) electrons. The number of hydrogen-bond acceptors (Lipinski definition) is 5. The van der Waals surface area contributed by atoms with Gasteiger partial charge in [0.25, 0.3) is 0 Å². The first kappa shape index (κ1) is 63.8. The molecule has 0 spiro atoms. The highest BCUT2D eigenvalue weighted by Crippen LogP contribution is 2.17. The van der Waals surface area contributed by atoms with E-state index in [0.29, 0.717) is 19.3 Å². The van der Waals surface area contributed by atoms with Gasteiger partial charge in [0, 0.05) is 6.42 Å². The van der Waals surface area contributed by atoms with E-state index in [4.69, 9.17) is 4.74 Å². The monoisotopic (exact) mass is 932 g/mol. The van der Waals surface area contributed by atoms with Crippen LogP contribution in [0.3, 0.4) is 0 Å². The summed E-state index contributed by atoms with van der Waals surface area (Å²) in [4.78, 5) is 26.2. The van der Waals surface area contributed by atoms with Crippen molar-refractivity contribution in [2.24, 2.45) is 0 Å². The van der Waals surface area contributed by atoms with E-state index in [1.165, 1.54) is 96.3 Å². The van der Waals surface area contributed by atoms with Crippen LogP contribution in [0, 0.1) is 0 Å². The lowest BCUT2D eigenvalue weighted by Gasteiger charge is -2.24. The number of aliphatic hydroxyl groups is 2. The molecule has 1 amide bonds. The zero-order valence-corrected chi connectivity index (χ0v) is 43.8. The molecule has 0 aliphatic rings. The number of esters is 1. The van der Waals surface area contributed by atoms with E-state index >= 15 is 0 Å². The zero-order chi connectivity index (χ0) is 48.8. The molecule has 0 aromatic carbocycles. The Labute approximate surface area is 414 Å². The largest absolute Gasteiger partial charge is 0.462 e. The van der Waals surface area contributed by atoms with Gasteiger partial charge in [0.1, 0.15) is 6.10 Å². The topological polar surface area (TPSA) is 95.9 Å². The van der Waals surface area contributed by atoms with Crippen LogP contribution < -0.4 is 5.32 Å². The van der Waals surface area contributed by atoms with Crippen LogP contribution in [-0.2, 0) is 14.3 Å². The zero-order valence-electron chi connectivity index (χ0n) is 43.8. The highest BCUT2D eigenvalue weighted by molar-refractivity contribution is 5.77. The highest BCUT2D eigenvalue weighted by atomic mass is 16.5. The summed E-state index contributed by atoms with van der Waals surface area (Å²) in [6.07, 6.45) is 71.9. The van der Waals surface area contributed by atoms with Crippen LogP contribution in [0.1, 0.15) is 252 Å². The molecule has 0 fully saturated rings. The third-order valence-electron chi connectivity index (χ3n) is 12.2. The fraction of sp³-hybridized carbons (Fsp3) is 0.705. The van der Waals surface area contributed by atoms with Crippen LogP contribution in [-0.4, -0.2) is 46.9 Å². The SMILES string of the molecule is CC/C=C\C/C=C\C/C=C\C/C=C\C/C=C\C/C=C\CCC(=O)OC(CCCCCCC/C=C\C/C=C\CCCCC)CC(=O)NC(CO)C(O)CCCCCCCCCCCCCCCC. The number of carbonyl (C=O) groups excluding carboxylic acids is 2. The van der Waals surface area contributed by atoms with E-state index in [2.05, 4.69) is 117 Å². The number of rotatable bonds is 49. The summed E-state index contributed by atoms with van der Waals surface area (Å²) in [5.41, 5.74) is 0. The number of carbonyl (C=O) groups is 2. The maximum absolute atomic E-state index is 13.2. The number of allylic oxidation sites excluding steroid dienone is 16. The molecule has 3 unspecified atom stereocenters. The molecule has 67 heavy (non-hydrogen) atoms. The molecule has 0 aromatic heterocycles. The molecular weight excluding hydrogens is 827 g/mol. The van der Waals surface area contributed by atoms with E-state index in [1.807, 2.05) is 6.08 Å². The van der Waals surface area contributed by atoms with Gasteiger partial charge in [-0.25, -0.2) is 0 Å². The molecule has 0 aliphatic heterocycles. The normalized spacial score (nSPS) is 13.9. The molecule has 384 valence electrons. The first-order valence-corrected chi connectivity index (χ1v) is 28.0. The Balaban J connectivity index is 4.72. The number of aliphatic hydroxyl groups excluding tert-OH is 2. The summed E-state index contributed by atoms with van der Waals surface area (Å²) in [5.74, 6) is -0.590. The van der Waals surface area contributed by atoms with Crippen molar-refractivity contribution in [1.82, 2.24) is 5.32 Å². The third kappa shape index (κ3) is 49.0. The predicted molar refractivity (Wildman–Crippen MR) is 291 cm³/mol. The van der Waals surface area contributed by atoms with Crippen molar-refractivity contribution >= 4 is 11.9 Å². The van der Waals surface area contributed by atoms with Crippen molar-refractivity contribution in [1.29, 1.82) is 0 Å². The van der Waals surface area contributed by atoms with Gasteiger partial charge in [0.15, 0.2) is 0 Å². The highest BCUT2D eigenvalue weighted by Gasteiger charge is 2.24. The minimum absolute atomic E-state index is 0.0333. The summed E-state index contributed by atoms with van der Waals surface area (Å²) in [7, 11) is 0. The van der Waals surface area contributed by atoms with Gasteiger partial charge in [0.2, 0.25) is 5.91 Å². The van der Waals surface area contributed by atoms with E-state index in [-0.39, 0.29) is 31.3 Å². The number of nitrogens with one attached hydrogen (secondary N) is 1. The van der Waals surface area contributed by atoms with E-state index < -0.39 is 18.2 Å². The van der Waals surface area contributed by atoms with Crippen LogP contribution in [0.25, 0.3) is 0 Å². The van der Waals surface area contributed by atoms with Gasteiger partial charge < -0.3 is 20.3 Å². The van der Waals surface area contributed by atoms with Gasteiger partial charge in [-0.1, -0.05) is 240 Å². The Hall–Kier alpha value is -3.22. The van der Waals surface area contributed by atoms with E-state index in [9.17, 15) is 19.8 Å². The molecular formula is C61H105NO5. The molecule has 6 heteroatoms. The van der Waals surface area contributed by atoms with Crippen LogP contribution in [0.4, 0.5) is 0 Å². The number of hydrogen-bond donors (Lipinski definition) is 3. The van der Waals surface area contributed by atoms with Crippen molar-refractivity contribution < 1.29 is 24.5 Å². The Bertz CT molecular complexity index is 1320. The fourth-order valence-electron chi connectivity index (χ4n) is 7.96. The number of ether oxygens (including phenoxy) is 1. The van der Waals surface area contributed by atoms with E-state index in [1.54, 1.807) is 0 Å². The predicted octanol–water partition coefficient (Wildman–Crippen LogP) is 17.3. The molecule has 0 rings (SSSR count). The Kier molecular flexibility index (Phi) is 51.1. The first-order chi connectivity index (χ1) is 33.0. The fourth-order valence-corrected chi connectivity index (χ4v) is 7.96. The molecule has 3 atom stereocenters.